The molecule has 3 heterocycles. The maximum Gasteiger partial charge on any atom is 0.416 e. The topological polar surface area (TPSA) is 82.9 Å². The van der Waals surface area contributed by atoms with Crippen molar-refractivity contribution in [2.24, 2.45) is 5.73 Å². The predicted molar refractivity (Wildman–Crippen MR) is 102 cm³/mol. The summed E-state index contributed by atoms with van der Waals surface area (Å²) in [4.78, 5) is 13.9. The minimum Gasteiger partial charge on any atom is -0.383 e. The first-order valence-electron chi connectivity index (χ1n) is 8.99. The standard InChI is InChI=1S/C19H21F3N6/c1-12-8-24-16-15(12)17(27-11-26-16)28-6-5-18(23,10-28)9-25-14-4-2-3-13(7-14)19(20,21)22/h2-4,7-8,11,25H,5-6,9-10,23H2,1H3,(H,24,26,27)/t18-/m0/s1. The van der Waals surface area contributed by atoms with Gasteiger partial charge in [0.15, 0.2) is 0 Å². The average molecular weight is 390 g/mol. The minimum absolute atomic E-state index is 0.366. The number of nitrogens with one attached hydrogen (secondary N) is 2. The third-order valence-corrected chi connectivity index (χ3v) is 5.17. The largest absolute Gasteiger partial charge is 0.416 e. The first kappa shape index (κ1) is 18.5. The number of alkyl halides is 3. The molecule has 0 bridgehead atoms. The van der Waals surface area contributed by atoms with Crippen molar-refractivity contribution in [1.29, 1.82) is 0 Å². The second kappa shape index (κ2) is 6.66. The quantitative estimate of drug-likeness (QED) is 0.637. The van der Waals surface area contributed by atoms with Gasteiger partial charge in [0.05, 0.1) is 16.5 Å². The number of hydrogen-bond acceptors (Lipinski definition) is 5. The Hall–Kier alpha value is -2.81. The van der Waals surface area contributed by atoms with Crippen LogP contribution >= 0.6 is 0 Å². The molecular weight excluding hydrogens is 369 g/mol. The molecule has 1 aliphatic heterocycles. The Morgan fingerprint density at radius 1 is 1.32 bits per heavy atom. The summed E-state index contributed by atoms with van der Waals surface area (Å²) < 4.78 is 38.6. The molecule has 1 fully saturated rings. The lowest BCUT2D eigenvalue weighted by molar-refractivity contribution is -0.137. The molecule has 3 aromatic rings. The summed E-state index contributed by atoms with van der Waals surface area (Å²) in [6.07, 6.45) is -0.252. The van der Waals surface area contributed by atoms with Gasteiger partial charge in [-0.1, -0.05) is 6.07 Å². The summed E-state index contributed by atoms with van der Waals surface area (Å²) >= 11 is 0. The smallest absolute Gasteiger partial charge is 0.383 e. The first-order valence-corrected chi connectivity index (χ1v) is 8.99. The van der Waals surface area contributed by atoms with E-state index >= 15 is 0 Å². The van der Waals surface area contributed by atoms with Gasteiger partial charge in [-0.3, -0.25) is 0 Å². The number of fused-ring (bicyclic) bond motifs is 1. The highest BCUT2D eigenvalue weighted by atomic mass is 19.4. The highest BCUT2D eigenvalue weighted by Gasteiger charge is 2.36. The van der Waals surface area contributed by atoms with Crippen LogP contribution in [0.2, 0.25) is 0 Å². The van der Waals surface area contributed by atoms with Crippen molar-refractivity contribution in [3.63, 3.8) is 0 Å². The van der Waals surface area contributed by atoms with Crippen LogP contribution in [0, 0.1) is 6.92 Å². The van der Waals surface area contributed by atoms with Crippen molar-refractivity contribution in [1.82, 2.24) is 15.0 Å². The number of anilines is 2. The number of H-pyrrole nitrogens is 1. The van der Waals surface area contributed by atoms with Gasteiger partial charge < -0.3 is 20.9 Å². The lowest BCUT2D eigenvalue weighted by Gasteiger charge is -2.26. The van der Waals surface area contributed by atoms with E-state index in [1.165, 1.54) is 12.4 Å². The number of aryl methyl sites for hydroxylation is 1. The highest BCUT2D eigenvalue weighted by molar-refractivity contribution is 5.90. The highest BCUT2D eigenvalue weighted by Crippen LogP contribution is 2.32. The molecule has 1 saturated heterocycles. The molecule has 148 valence electrons. The van der Waals surface area contributed by atoms with Crippen LogP contribution in [-0.2, 0) is 6.18 Å². The SMILES string of the molecule is Cc1c[nH]c2ncnc(N3CC[C@](N)(CNc4cccc(C(F)(F)F)c4)C3)c12. The van der Waals surface area contributed by atoms with E-state index < -0.39 is 17.3 Å². The van der Waals surface area contributed by atoms with Crippen LogP contribution in [0.1, 0.15) is 17.5 Å². The molecule has 4 N–H and O–H groups in total. The van der Waals surface area contributed by atoms with E-state index in [0.29, 0.717) is 25.2 Å². The summed E-state index contributed by atoms with van der Waals surface area (Å²) in [6, 6.07) is 5.16. The molecule has 9 heteroatoms. The maximum atomic E-state index is 12.9. The summed E-state index contributed by atoms with van der Waals surface area (Å²) in [6.45, 7) is 3.63. The van der Waals surface area contributed by atoms with Gasteiger partial charge in [0.2, 0.25) is 0 Å². The zero-order valence-electron chi connectivity index (χ0n) is 15.3. The van der Waals surface area contributed by atoms with E-state index in [4.69, 9.17) is 5.73 Å². The van der Waals surface area contributed by atoms with E-state index in [-0.39, 0.29) is 0 Å². The van der Waals surface area contributed by atoms with Crippen molar-refractivity contribution in [3.05, 3.63) is 47.9 Å². The first-order chi connectivity index (χ1) is 13.3. The molecule has 0 aliphatic carbocycles. The average Bonchev–Trinajstić information content (AvgIpc) is 3.24. The lowest BCUT2D eigenvalue weighted by Crippen LogP contribution is -2.48. The molecule has 6 nitrogen and oxygen atoms in total. The fourth-order valence-corrected chi connectivity index (χ4v) is 3.64. The van der Waals surface area contributed by atoms with Gasteiger partial charge in [0.1, 0.15) is 17.8 Å². The number of rotatable bonds is 4. The van der Waals surface area contributed by atoms with Crippen molar-refractivity contribution in [3.8, 4) is 0 Å². The number of hydrogen-bond donors (Lipinski definition) is 3. The van der Waals surface area contributed by atoms with E-state index in [2.05, 4.69) is 25.2 Å². The third kappa shape index (κ3) is 3.49. The lowest BCUT2D eigenvalue weighted by atomic mass is 10.00. The predicted octanol–water partition coefficient (Wildman–Crippen LogP) is 3.30. The molecule has 4 rings (SSSR count). The molecule has 1 aliphatic rings. The molecule has 0 spiro atoms. The van der Waals surface area contributed by atoms with Crippen LogP contribution in [-0.4, -0.2) is 40.1 Å². The van der Waals surface area contributed by atoms with Crippen LogP contribution in [0.4, 0.5) is 24.7 Å². The number of aromatic nitrogens is 3. The summed E-state index contributed by atoms with van der Waals surface area (Å²) in [7, 11) is 0. The van der Waals surface area contributed by atoms with E-state index in [0.717, 1.165) is 41.1 Å². The van der Waals surface area contributed by atoms with Gasteiger partial charge >= 0.3 is 6.18 Å². The molecular formula is C19H21F3N6. The van der Waals surface area contributed by atoms with Crippen LogP contribution in [0.15, 0.2) is 36.8 Å². The monoisotopic (exact) mass is 390 g/mol. The summed E-state index contributed by atoms with van der Waals surface area (Å²) in [5.41, 5.74) is 7.53. The van der Waals surface area contributed by atoms with Crippen LogP contribution in [0.5, 0.6) is 0 Å². The minimum atomic E-state index is -4.37. The maximum absolute atomic E-state index is 12.9. The zero-order chi connectivity index (χ0) is 19.9. The van der Waals surface area contributed by atoms with Gasteiger partial charge in [0.25, 0.3) is 0 Å². The van der Waals surface area contributed by atoms with E-state index in [1.54, 1.807) is 6.07 Å². The Balaban J connectivity index is 1.48. The normalized spacial score (nSPS) is 20.1. The third-order valence-electron chi connectivity index (χ3n) is 5.17. The molecule has 0 amide bonds. The van der Waals surface area contributed by atoms with Crippen molar-refractivity contribution in [2.45, 2.75) is 25.1 Å². The Morgan fingerprint density at radius 2 is 2.14 bits per heavy atom. The summed E-state index contributed by atoms with van der Waals surface area (Å²) in [5.74, 6) is 0.829. The molecule has 28 heavy (non-hydrogen) atoms. The van der Waals surface area contributed by atoms with E-state index in [1.807, 2.05) is 13.1 Å². The fraction of sp³-hybridized carbons (Fsp3) is 0.368. The van der Waals surface area contributed by atoms with Gasteiger partial charge in [-0.25, -0.2) is 9.97 Å². The van der Waals surface area contributed by atoms with Crippen molar-refractivity contribution in [2.75, 3.05) is 29.9 Å². The summed E-state index contributed by atoms with van der Waals surface area (Å²) in [5, 5.41) is 4.03. The molecule has 1 atom stereocenters. The van der Waals surface area contributed by atoms with Crippen LogP contribution < -0.4 is 16.0 Å². The number of nitrogens with zero attached hydrogens (tertiary/aromatic N) is 3. The second-order valence-electron chi connectivity index (χ2n) is 7.36. The number of halogens is 3. The number of nitrogens with two attached hydrogens (primary N) is 1. The fourth-order valence-electron chi connectivity index (χ4n) is 3.64. The molecule has 1 aromatic carbocycles. The van der Waals surface area contributed by atoms with Crippen LogP contribution in [0.3, 0.4) is 0 Å². The van der Waals surface area contributed by atoms with Crippen molar-refractivity contribution >= 4 is 22.5 Å². The van der Waals surface area contributed by atoms with Crippen molar-refractivity contribution < 1.29 is 13.2 Å². The van der Waals surface area contributed by atoms with Crippen LogP contribution in [0.25, 0.3) is 11.0 Å². The number of aromatic amines is 1. The Labute approximate surface area is 160 Å². The molecule has 0 unspecified atom stereocenters. The number of benzene rings is 1. The second-order valence-corrected chi connectivity index (χ2v) is 7.36. The Bertz CT molecular complexity index is 999. The molecule has 0 saturated carbocycles. The van der Waals surface area contributed by atoms with Gasteiger partial charge in [-0.2, -0.15) is 13.2 Å². The molecule has 2 aromatic heterocycles. The molecule has 0 radical (unpaired) electrons. The van der Waals surface area contributed by atoms with Gasteiger partial charge in [-0.05, 0) is 37.1 Å². The Morgan fingerprint density at radius 3 is 2.93 bits per heavy atom. The van der Waals surface area contributed by atoms with Gasteiger partial charge in [-0.15, -0.1) is 0 Å². The van der Waals surface area contributed by atoms with E-state index in [9.17, 15) is 13.2 Å². The van der Waals surface area contributed by atoms with Gasteiger partial charge in [0, 0.05) is 31.5 Å². The zero-order valence-corrected chi connectivity index (χ0v) is 15.3. The Kier molecular flexibility index (Phi) is 4.41.